The van der Waals surface area contributed by atoms with Gasteiger partial charge in [-0.3, -0.25) is 4.79 Å². The molecule has 1 heterocycles. The van der Waals surface area contributed by atoms with E-state index in [9.17, 15) is 13.2 Å². The zero-order valence-electron chi connectivity index (χ0n) is 14.2. The molecule has 0 unspecified atom stereocenters. The number of carbonyl (C=O) groups excluding carboxylic acids is 1. The molecule has 1 aromatic heterocycles. The minimum atomic E-state index is -3.54. The van der Waals surface area contributed by atoms with Crippen molar-refractivity contribution in [1.29, 1.82) is 0 Å². The van der Waals surface area contributed by atoms with E-state index >= 15 is 0 Å². The molecular weight excluding hydrogens is 350 g/mol. The van der Waals surface area contributed by atoms with Crippen LogP contribution in [0.15, 0.2) is 65.7 Å². The zero-order valence-corrected chi connectivity index (χ0v) is 15.1. The Morgan fingerprint density at radius 1 is 0.962 bits per heavy atom. The van der Waals surface area contributed by atoms with Crippen molar-refractivity contribution in [2.24, 2.45) is 0 Å². The first-order valence-electron chi connectivity index (χ1n) is 8.43. The highest BCUT2D eigenvalue weighted by atomic mass is 32.2. The second-order valence-corrected chi connectivity index (χ2v) is 7.69. The Morgan fingerprint density at radius 3 is 2.50 bits per heavy atom. The molecular formula is C19H21N3O3S. The van der Waals surface area contributed by atoms with Gasteiger partial charge >= 0.3 is 0 Å². The maximum atomic E-state index is 12.1. The average molecular weight is 371 g/mol. The van der Waals surface area contributed by atoms with Gasteiger partial charge in [0.25, 0.3) is 0 Å². The summed E-state index contributed by atoms with van der Waals surface area (Å²) < 4.78 is 26.6. The molecule has 0 saturated carbocycles. The van der Waals surface area contributed by atoms with Crippen molar-refractivity contribution < 1.29 is 13.2 Å². The third-order valence-electron chi connectivity index (χ3n) is 4.09. The number of H-pyrrole nitrogens is 1. The summed E-state index contributed by atoms with van der Waals surface area (Å²) in [5.74, 6) is -0.103. The average Bonchev–Trinajstić information content (AvgIpc) is 3.07. The third-order valence-corrected chi connectivity index (χ3v) is 5.57. The number of sulfonamides is 1. The summed E-state index contributed by atoms with van der Waals surface area (Å²) in [5.41, 5.74) is 2.15. The van der Waals surface area contributed by atoms with Gasteiger partial charge in [0.15, 0.2) is 0 Å². The summed E-state index contributed by atoms with van der Waals surface area (Å²) in [7, 11) is -3.54. The van der Waals surface area contributed by atoms with Crippen molar-refractivity contribution in [3.8, 4) is 0 Å². The van der Waals surface area contributed by atoms with Crippen LogP contribution >= 0.6 is 0 Å². The van der Waals surface area contributed by atoms with Crippen LogP contribution in [0.2, 0.25) is 0 Å². The molecule has 0 radical (unpaired) electrons. The van der Waals surface area contributed by atoms with Crippen LogP contribution in [-0.2, 0) is 21.2 Å². The standard InChI is InChI=1S/C19H21N3O3S/c23-19(11-10-15-14-21-18-9-5-4-8-17(15)18)20-12-13-22-26(24,25)16-6-2-1-3-7-16/h1-9,14,21-22H,10-13H2,(H,20,23). The van der Waals surface area contributed by atoms with Gasteiger partial charge in [0.05, 0.1) is 4.90 Å². The Labute approximate surface area is 152 Å². The number of rotatable bonds is 8. The van der Waals surface area contributed by atoms with E-state index in [1.807, 2.05) is 30.5 Å². The molecule has 26 heavy (non-hydrogen) atoms. The molecule has 0 aliphatic heterocycles. The molecule has 0 spiro atoms. The number of hydrogen-bond donors (Lipinski definition) is 3. The van der Waals surface area contributed by atoms with Gasteiger partial charge in [0.1, 0.15) is 0 Å². The number of aryl methyl sites for hydroxylation is 1. The highest BCUT2D eigenvalue weighted by molar-refractivity contribution is 7.89. The van der Waals surface area contributed by atoms with E-state index in [1.165, 1.54) is 12.1 Å². The number of fused-ring (bicyclic) bond motifs is 1. The van der Waals surface area contributed by atoms with Gasteiger partial charge in [-0.05, 0) is 30.2 Å². The van der Waals surface area contributed by atoms with Gasteiger partial charge in [0.2, 0.25) is 15.9 Å². The van der Waals surface area contributed by atoms with Crippen LogP contribution < -0.4 is 10.0 Å². The van der Waals surface area contributed by atoms with E-state index < -0.39 is 10.0 Å². The SMILES string of the molecule is O=C(CCc1c[nH]c2ccccc12)NCCNS(=O)(=O)c1ccccc1. The van der Waals surface area contributed by atoms with Crippen molar-refractivity contribution in [2.75, 3.05) is 13.1 Å². The monoisotopic (exact) mass is 371 g/mol. The molecule has 0 aliphatic carbocycles. The highest BCUT2D eigenvalue weighted by Crippen LogP contribution is 2.18. The van der Waals surface area contributed by atoms with E-state index in [0.717, 1.165) is 16.5 Å². The van der Waals surface area contributed by atoms with Crippen LogP contribution in [-0.4, -0.2) is 32.4 Å². The maximum absolute atomic E-state index is 12.1. The number of para-hydroxylation sites is 1. The van der Waals surface area contributed by atoms with Crippen LogP contribution in [0, 0.1) is 0 Å². The molecule has 6 nitrogen and oxygen atoms in total. The summed E-state index contributed by atoms with van der Waals surface area (Å²) in [6.07, 6.45) is 2.91. The van der Waals surface area contributed by atoms with Gasteiger partial charge in [0, 0.05) is 36.6 Å². The van der Waals surface area contributed by atoms with Crippen LogP contribution in [0.25, 0.3) is 10.9 Å². The smallest absolute Gasteiger partial charge is 0.240 e. The summed E-state index contributed by atoms with van der Waals surface area (Å²) in [5, 5.41) is 3.86. The molecule has 0 atom stereocenters. The van der Waals surface area contributed by atoms with E-state index in [0.29, 0.717) is 12.8 Å². The molecule has 0 saturated heterocycles. The van der Waals surface area contributed by atoms with Gasteiger partial charge < -0.3 is 10.3 Å². The van der Waals surface area contributed by atoms with Crippen LogP contribution in [0.4, 0.5) is 0 Å². The Hall–Kier alpha value is -2.64. The summed E-state index contributed by atoms with van der Waals surface area (Å²) in [4.78, 5) is 15.4. The fourth-order valence-corrected chi connectivity index (χ4v) is 3.80. The number of benzene rings is 2. The molecule has 3 N–H and O–H groups in total. The van der Waals surface area contributed by atoms with Crippen LogP contribution in [0.5, 0.6) is 0 Å². The lowest BCUT2D eigenvalue weighted by atomic mass is 10.1. The lowest BCUT2D eigenvalue weighted by Crippen LogP contribution is -2.34. The number of aromatic nitrogens is 1. The minimum Gasteiger partial charge on any atom is -0.361 e. The number of nitrogens with one attached hydrogen (secondary N) is 3. The fraction of sp³-hybridized carbons (Fsp3) is 0.211. The molecule has 7 heteroatoms. The molecule has 0 aliphatic rings. The maximum Gasteiger partial charge on any atom is 0.240 e. The Balaban J connectivity index is 1.42. The van der Waals surface area contributed by atoms with Gasteiger partial charge in [-0.25, -0.2) is 13.1 Å². The van der Waals surface area contributed by atoms with Crippen molar-refractivity contribution in [3.63, 3.8) is 0 Å². The Bertz CT molecular complexity index is 981. The van der Waals surface area contributed by atoms with Crippen LogP contribution in [0.1, 0.15) is 12.0 Å². The van der Waals surface area contributed by atoms with Gasteiger partial charge in [-0.1, -0.05) is 36.4 Å². The number of aromatic amines is 1. The lowest BCUT2D eigenvalue weighted by Gasteiger charge is -2.08. The summed E-state index contributed by atoms with van der Waals surface area (Å²) in [6.45, 7) is 0.398. The topological polar surface area (TPSA) is 91.1 Å². The second-order valence-electron chi connectivity index (χ2n) is 5.92. The van der Waals surface area contributed by atoms with E-state index in [4.69, 9.17) is 0 Å². The fourth-order valence-electron chi connectivity index (χ4n) is 2.75. The normalized spacial score (nSPS) is 11.5. The molecule has 2 aromatic carbocycles. The van der Waals surface area contributed by atoms with Crippen molar-refractivity contribution in [1.82, 2.24) is 15.0 Å². The van der Waals surface area contributed by atoms with Gasteiger partial charge in [-0.2, -0.15) is 0 Å². The second kappa shape index (κ2) is 8.16. The first-order chi connectivity index (χ1) is 12.6. The highest BCUT2D eigenvalue weighted by Gasteiger charge is 2.12. The van der Waals surface area contributed by atoms with E-state index in [2.05, 4.69) is 15.0 Å². The quantitative estimate of drug-likeness (QED) is 0.530. The molecule has 3 aromatic rings. The number of amides is 1. The summed E-state index contributed by atoms with van der Waals surface area (Å²) >= 11 is 0. The first-order valence-corrected chi connectivity index (χ1v) is 9.91. The number of hydrogen-bond acceptors (Lipinski definition) is 3. The molecule has 0 bridgehead atoms. The minimum absolute atomic E-state index is 0.103. The van der Waals surface area contributed by atoms with Crippen molar-refractivity contribution in [3.05, 3.63) is 66.4 Å². The predicted octanol–water partition coefficient (Wildman–Crippen LogP) is 2.20. The molecule has 1 amide bonds. The molecule has 3 rings (SSSR count). The first kappa shape index (κ1) is 18.2. The van der Waals surface area contributed by atoms with E-state index in [1.54, 1.807) is 18.2 Å². The summed E-state index contributed by atoms with van der Waals surface area (Å²) in [6, 6.07) is 16.1. The largest absolute Gasteiger partial charge is 0.361 e. The zero-order chi connectivity index (χ0) is 18.4. The van der Waals surface area contributed by atoms with Crippen molar-refractivity contribution >= 4 is 26.8 Å². The van der Waals surface area contributed by atoms with Crippen LogP contribution in [0.3, 0.4) is 0 Å². The van der Waals surface area contributed by atoms with Gasteiger partial charge in [-0.15, -0.1) is 0 Å². The Morgan fingerprint density at radius 2 is 1.69 bits per heavy atom. The third kappa shape index (κ3) is 4.50. The lowest BCUT2D eigenvalue weighted by molar-refractivity contribution is -0.121. The molecule has 0 fully saturated rings. The predicted molar refractivity (Wildman–Crippen MR) is 101 cm³/mol. The van der Waals surface area contributed by atoms with E-state index in [-0.39, 0.29) is 23.9 Å². The Kier molecular flexibility index (Phi) is 5.70. The number of carbonyl (C=O) groups is 1. The molecule has 136 valence electrons. The van der Waals surface area contributed by atoms with Crippen molar-refractivity contribution in [2.45, 2.75) is 17.7 Å².